The van der Waals surface area contributed by atoms with Crippen LogP contribution in [-0.2, 0) is 11.2 Å². The van der Waals surface area contributed by atoms with Crippen LogP contribution >= 0.6 is 11.3 Å². The largest absolute Gasteiger partial charge is 0.378 e. The number of nitrogens with one attached hydrogen (secondary N) is 1. The highest BCUT2D eigenvalue weighted by Gasteiger charge is 2.21. The van der Waals surface area contributed by atoms with E-state index >= 15 is 0 Å². The van der Waals surface area contributed by atoms with Crippen LogP contribution in [0, 0.1) is 5.92 Å². The Morgan fingerprint density at radius 3 is 2.86 bits per heavy atom. The van der Waals surface area contributed by atoms with Gasteiger partial charge in [0.1, 0.15) is 0 Å². The fourth-order valence-corrected chi connectivity index (χ4v) is 3.78. The number of likely N-dealkylation sites (tertiary alicyclic amines) is 1. The molecule has 2 rings (SSSR count). The van der Waals surface area contributed by atoms with Gasteiger partial charge in [0.15, 0.2) is 5.96 Å². The van der Waals surface area contributed by atoms with Crippen molar-refractivity contribution in [2.75, 3.05) is 33.3 Å². The molecule has 1 fully saturated rings. The molecule has 1 aromatic rings. The minimum atomic E-state index is 0.428. The molecule has 4 nitrogen and oxygen atoms in total. The average molecular weight is 324 g/mol. The predicted molar refractivity (Wildman–Crippen MR) is 94.8 cm³/mol. The lowest BCUT2D eigenvalue weighted by molar-refractivity contribution is 0.0263. The number of hydrogen-bond donors (Lipinski definition) is 1. The smallest absolute Gasteiger partial charge is 0.193 e. The van der Waals surface area contributed by atoms with Crippen LogP contribution in [0.2, 0.25) is 0 Å². The zero-order chi connectivity index (χ0) is 15.8. The van der Waals surface area contributed by atoms with Crippen LogP contribution in [0.3, 0.4) is 0 Å². The lowest BCUT2D eigenvalue weighted by Gasteiger charge is -2.34. The van der Waals surface area contributed by atoms with Crippen molar-refractivity contribution in [3.05, 3.63) is 22.4 Å². The van der Waals surface area contributed by atoms with E-state index in [4.69, 9.17) is 4.74 Å². The Kier molecular flexibility index (Phi) is 7.19. The Morgan fingerprint density at radius 2 is 2.27 bits per heavy atom. The van der Waals surface area contributed by atoms with Crippen LogP contribution in [-0.4, -0.2) is 50.3 Å². The third-order valence-corrected chi connectivity index (χ3v) is 4.99. The number of piperidine rings is 1. The third kappa shape index (κ3) is 5.29. The molecule has 5 heteroatoms. The molecule has 22 heavy (non-hydrogen) atoms. The summed E-state index contributed by atoms with van der Waals surface area (Å²) in [4.78, 5) is 8.26. The molecule has 1 aliphatic rings. The summed E-state index contributed by atoms with van der Waals surface area (Å²) in [7, 11) is 1.88. The first kappa shape index (κ1) is 17.3. The van der Waals surface area contributed by atoms with E-state index in [1.165, 1.54) is 4.88 Å². The molecule has 0 aromatic carbocycles. The molecule has 2 heterocycles. The van der Waals surface area contributed by atoms with E-state index in [1.807, 2.05) is 18.4 Å². The summed E-state index contributed by atoms with van der Waals surface area (Å²) in [5.41, 5.74) is 0. The number of guanidine groups is 1. The van der Waals surface area contributed by atoms with Gasteiger partial charge >= 0.3 is 0 Å². The maximum absolute atomic E-state index is 5.72. The number of hydrogen-bond acceptors (Lipinski definition) is 3. The number of nitrogens with zero attached hydrogens (tertiary/aromatic N) is 2. The van der Waals surface area contributed by atoms with Crippen LogP contribution in [0.15, 0.2) is 22.5 Å². The topological polar surface area (TPSA) is 36.9 Å². The molecule has 124 valence electrons. The number of ether oxygens (including phenoxy) is 1. The minimum Gasteiger partial charge on any atom is -0.378 e. The normalized spacial score (nSPS) is 18.5. The fourth-order valence-electron chi connectivity index (χ4n) is 2.91. The molecule has 0 spiro atoms. The number of thiophene rings is 1. The van der Waals surface area contributed by atoms with Crippen molar-refractivity contribution in [1.29, 1.82) is 0 Å². The summed E-state index contributed by atoms with van der Waals surface area (Å²) in [5, 5.41) is 5.69. The van der Waals surface area contributed by atoms with Gasteiger partial charge in [-0.15, -0.1) is 11.3 Å². The van der Waals surface area contributed by atoms with Crippen molar-refractivity contribution in [3.63, 3.8) is 0 Å². The molecule has 0 saturated carbocycles. The Hall–Kier alpha value is -1.07. The summed E-state index contributed by atoms with van der Waals surface area (Å²) in [6, 6.07) is 4.34. The van der Waals surface area contributed by atoms with Gasteiger partial charge in [-0.05, 0) is 43.6 Å². The van der Waals surface area contributed by atoms with Crippen molar-refractivity contribution in [2.24, 2.45) is 10.9 Å². The zero-order valence-electron chi connectivity index (χ0n) is 14.0. The summed E-state index contributed by atoms with van der Waals surface area (Å²) in [6.45, 7) is 8.21. The molecule has 1 aromatic heterocycles. The number of rotatable bonds is 6. The molecule has 1 saturated heterocycles. The second kappa shape index (κ2) is 9.16. The first-order valence-corrected chi connectivity index (χ1v) is 9.20. The van der Waals surface area contributed by atoms with Gasteiger partial charge < -0.3 is 15.0 Å². The van der Waals surface area contributed by atoms with Gasteiger partial charge in [0.2, 0.25) is 0 Å². The quantitative estimate of drug-likeness (QED) is 0.646. The highest BCUT2D eigenvalue weighted by molar-refractivity contribution is 7.09. The first-order chi connectivity index (χ1) is 10.7. The maximum atomic E-state index is 5.72. The van der Waals surface area contributed by atoms with Crippen molar-refractivity contribution in [2.45, 2.75) is 39.2 Å². The molecule has 0 bridgehead atoms. The maximum Gasteiger partial charge on any atom is 0.193 e. The van der Waals surface area contributed by atoms with E-state index in [0.29, 0.717) is 12.0 Å². The van der Waals surface area contributed by atoms with E-state index in [1.54, 1.807) is 0 Å². The van der Waals surface area contributed by atoms with Crippen molar-refractivity contribution >= 4 is 17.3 Å². The van der Waals surface area contributed by atoms with Gasteiger partial charge in [-0.25, -0.2) is 0 Å². The Morgan fingerprint density at radius 1 is 1.50 bits per heavy atom. The zero-order valence-corrected chi connectivity index (χ0v) is 14.9. The molecule has 1 unspecified atom stereocenters. The Balaban J connectivity index is 1.73. The Bertz CT molecular complexity index is 439. The van der Waals surface area contributed by atoms with Crippen LogP contribution < -0.4 is 5.32 Å². The highest BCUT2D eigenvalue weighted by Crippen LogP contribution is 2.15. The van der Waals surface area contributed by atoms with Gasteiger partial charge in [-0.1, -0.05) is 13.0 Å². The molecule has 0 aliphatic carbocycles. The van der Waals surface area contributed by atoms with Crippen molar-refractivity contribution in [3.8, 4) is 0 Å². The molecular weight excluding hydrogens is 294 g/mol. The lowest BCUT2D eigenvalue weighted by atomic mass is 10.1. The molecule has 0 amide bonds. The van der Waals surface area contributed by atoms with Crippen LogP contribution in [0.1, 0.15) is 31.6 Å². The summed E-state index contributed by atoms with van der Waals surface area (Å²) >= 11 is 1.84. The van der Waals surface area contributed by atoms with Crippen molar-refractivity contribution < 1.29 is 4.74 Å². The standard InChI is InChI=1S/C17H29N3OS/c1-4-21-15-7-9-20(10-8-15)17(18-3)19-13-14(2)12-16-6-5-11-22-16/h5-6,11,14-15H,4,7-10,12-13H2,1-3H3,(H,18,19). The Labute approximate surface area is 138 Å². The van der Waals surface area contributed by atoms with E-state index in [0.717, 1.165) is 51.5 Å². The van der Waals surface area contributed by atoms with E-state index in [9.17, 15) is 0 Å². The SMILES string of the molecule is CCOC1CCN(C(=NC)NCC(C)Cc2cccs2)CC1. The van der Waals surface area contributed by atoms with Crippen LogP contribution in [0.5, 0.6) is 0 Å². The van der Waals surface area contributed by atoms with Crippen LogP contribution in [0.4, 0.5) is 0 Å². The van der Waals surface area contributed by atoms with Gasteiger partial charge in [-0.2, -0.15) is 0 Å². The summed E-state index contributed by atoms with van der Waals surface area (Å²) in [5.74, 6) is 1.64. The molecular formula is C17H29N3OS. The van der Waals surface area contributed by atoms with E-state index in [2.05, 4.69) is 46.6 Å². The van der Waals surface area contributed by atoms with E-state index in [-0.39, 0.29) is 0 Å². The first-order valence-electron chi connectivity index (χ1n) is 8.32. The summed E-state index contributed by atoms with van der Waals surface area (Å²) < 4.78 is 5.72. The van der Waals surface area contributed by atoms with Crippen molar-refractivity contribution in [1.82, 2.24) is 10.2 Å². The highest BCUT2D eigenvalue weighted by atomic mass is 32.1. The van der Waals surface area contributed by atoms with Gasteiger partial charge in [0.05, 0.1) is 6.10 Å². The fraction of sp³-hybridized carbons (Fsp3) is 0.706. The molecule has 1 atom stereocenters. The average Bonchev–Trinajstić information content (AvgIpc) is 3.02. The van der Waals surface area contributed by atoms with Gasteiger partial charge in [0, 0.05) is 38.2 Å². The predicted octanol–water partition coefficient (Wildman–Crippen LogP) is 3.00. The van der Waals surface area contributed by atoms with E-state index < -0.39 is 0 Å². The second-order valence-electron chi connectivity index (χ2n) is 5.96. The third-order valence-electron chi connectivity index (χ3n) is 4.09. The number of aliphatic imine (C=N–C) groups is 1. The summed E-state index contributed by atoms with van der Waals surface area (Å²) in [6.07, 6.45) is 3.75. The van der Waals surface area contributed by atoms with Gasteiger partial charge in [-0.3, -0.25) is 4.99 Å². The monoisotopic (exact) mass is 323 g/mol. The second-order valence-corrected chi connectivity index (χ2v) is 6.99. The molecule has 1 aliphatic heterocycles. The molecule has 0 radical (unpaired) electrons. The van der Waals surface area contributed by atoms with Gasteiger partial charge in [0.25, 0.3) is 0 Å². The van der Waals surface area contributed by atoms with Crippen LogP contribution in [0.25, 0.3) is 0 Å². The minimum absolute atomic E-state index is 0.428. The molecule has 1 N–H and O–H groups in total. The lowest BCUT2D eigenvalue weighted by Crippen LogP contribution is -2.48.